The average molecular weight is 421 g/mol. The lowest BCUT2D eigenvalue weighted by atomic mass is 9.99. The van der Waals surface area contributed by atoms with Crippen molar-refractivity contribution in [2.45, 2.75) is 13.0 Å². The Morgan fingerprint density at radius 3 is 2.27 bits per heavy atom. The molecular weight excluding hydrogens is 400 g/mol. The first kappa shape index (κ1) is 19.8. The van der Waals surface area contributed by atoms with Crippen LogP contribution in [0.2, 0.25) is 0 Å². The Morgan fingerprint density at radius 2 is 1.65 bits per heavy atom. The van der Waals surface area contributed by atoms with Crippen LogP contribution in [0.1, 0.15) is 21.5 Å². The number of esters is 1. The highest BCUT2D eigenvalue weighted by molar-refractivity contribution is 5.95. The third kappa shape index (κ3) is 3.53. The van der Waals surface area contributed by atoms with E-state index in [2.05, 4.69) is 12.1 Å². The maximum atomic E-state index is 12.3. The molecule has 1 heterocycles. The van der Waals surface area contributed by atoms with Gasteiger partial charge in [-0.2, -0.15) is 0 Å². The van der Waals surface area contributed by atoms with Crippen LogP contribution in [0, 0.1) is 0 Å². The molecule has 2 aromatic carbocycles. The fourth-order valence-electron chi connectivity index (χ4n) is 3.05. The zero-order valence-corrected chi connectivity index (χ0v) is 16.5. The number of hydrogen-bond acceptors (Lipinski definition) is 5. The lowest BCUT2D eigenvalue weighted by Crippen LogP contribution is -3.00. The van der Waals surface area contributed by atoms with Crippen molar-refractivity contribution in [3.8, 4) is 11.5 Å². The molecule has 0 saturated carbocycles. The van der Waals surface area contributed by atoms with Crippen LogP contribution in [0.3, 0.4) is 0 Å². The minimum absolute atomic E-state index is 0. The maximum Gasteiger partial charge on any atom is 0.342 e. The Balaban J connectivity index is 0.00000243. The molecule has 26 heavy (non-hydrogen) atoms. The Hall–Kier alpha value is -2.54. The van der Waals surface area contributed by atoms with E-state index in [-0.39, 0.29) is 17.0 Å². The second kappa shape index (κ2) is 8.23. The number of carbonyl (C=O) groups is 1. The van der Waals surface area contributed by atoms with Crippen LogP contribution in [0.25, 0.3) is 0 Å². The molecule has 3 rings (SSSR count). The Morgan fingerprint density at radius 1 is 1.04 bits per heavy atom. The third-order valence-electron chi connectivity index (χ3n) is 4.36. The number of amidine groups is 1. The minimum Gasteiger partial charge on any atom is -1.00 e. The summed E-state index contributed by atoms with van der Waals surface area (Å²) >= 11 is 0. The molecular formula is C19H21BrN2O4. The van der Waals surface area contributed by atoms with Gasteiger partial charge in [0.1, 0.15) is 17.8 Å². The van der Waals surface area contributed by atoms with Crippen LogP contribution >= 0.6 is 0 Å². The van der Waals surface area contributed by atoms with E-state index in [4.69, 9.17) is 19.9 Å². The summed E-state index contributed by atoms with van der Waals surface area (Å²) in [5.41, 5.74) is 9.69. The van der Waals surface area contributed by atoms with Gasteiger partial charge < -0.3 is 31.2 Å². The molecule has 138 valence electrons. The van der Waals surface area contributed by atoms with E-state index in [1.165, 1.54) is 25.3 Å². The highest BCUT2D eigenvalue weighted by Crippen LogP contribution is 2.36. The van der Waals surface area contributed by atoms with Gasteiger partial charge in [0.25, 0.3) is 5.84 Å². The van der Waals surface area contributed by atoms with E-state index in [0.29, 0.717) is 41.6 Å². The summed E-state index contributed by atoms with van der Waals surface area (Å²) < 4.78 is 17.5. The molecule has 2 aromatic rings. The lowest BCUT2D eigenvalue weighted by molar-refractivity contribution is -0.462. The zero-order valence-electron chi connectivity index (χ0n) is 14.9. The smallest absolute Gasteiger partial charge is 0.342 e. The maximum absolute atomic E-state index is 12.3. The van der Waals surface area contributed by atoms with Gasteiger partial charge in [-0.1, -0.05) is 24.3 Å². The van der Waals surface area contributed by atoms with E-state index >= 15 is 0 Å². The SMILES string of the molecule is COC(=O)c1cc(OC)c(OC)cc1[N+]1=C(N)Cc2ccccc2C1.[Br-]. The molecule has 7 heteroatoms. The number of hydrogen-bond donors (Lipinski definition) is 1. The molecule has 6 nitrogen and oxygen atoms in total. The van der Waals surface area contributed by atoms with Crippen molar-refractivity contribution in [1.29, 1.82) is 0 Å². The average Bonchev–Trinajstić information content (AvgIpc) is 2.65. The lowest BCUT2D eigenvalue weighted by Gasteiger charge is -2.20. The monoisotopic (exact) mass is 420 g/mol. The first-order chi connectivity index (χ1) is 12.1. The second-order valence-electron chi connectivity index (χ2n) is 5.74. The molecule has 0 radical (unpaired) electrons. The molecule has 0 fully saturated rings. The van der Waals surface area contributed by atoms with Crippen molar-refractivity contribution in [3.05, 3.63) is 53.1 Å². The second-order valence-corrected chi connectivity index (χ2v) is 5.74. The normalized spacial score (nSPS) is 12.7. The third-order valence-corrected chi connectivity index (χ3v) is 4.36. The number of nitrogens with zero attached hydrogens (tertiary/aromatic N) is 1. The van der Waals surface area contributed by atoms with Crippen molar-refractivity contribution in [2.75, 3.05) is 21.3 Å². The van der Waals surface area contributed by atoms with Crippen LogP contribution in [-0.4, -0.2) is 37.7 Å². The van der Waals surface area contributed by atoms with Gasteiger partial charge in [-0.05, 0) is 11.1 Å². The Labute approximate surface area is 162 Å². The van der Waals surface area contributed by atoms with E-state index in [1.807, 2.05) is 16.7 Å². The van der Waals surface area contributed by atoms with Gasteiger partial charge in [-0.3, -0.25) is 5.73 Å². The highest BCUT2D eigenvalue weighted by Gasteiger charge is 2.28. The van der Waals surface area contributed by atoms with Crippen LogP contribution in [0.4, 0.5) is 5.69 Å². The number of nitrogens with two attached hydrogens (primary N) is 1. The van der Waals surface area contributed by atoms with E-state index in [1.54, 1.807) is 19.2 Å². The van der Waals surface area contributed by atoms with Gasteiger partial charge in [0.05, 0.1) is 27.8 Å². The van der Waals surface area contributed by atoms with Crippen molar-refractivity contribution < 1.29 is 40.6 Å². The van der Waals surface area contributed by atoms with Crippen LogP contribution < -0.4 is 32.2 Å². The summed E-state index contributed by atoms with van der Waals surface area (Å²) in [7, 11) is 4.43. The molecule has 0 aromatic heterocycles. The molecule has 0 aliphatic carbocycles. The van der Waals surface area contributed by atoms with Gasteiger partial charge in [0.15, 0.2) is 11.5 Å². The predicted molar refractivity (Wildman–Crippen MR) is 93.9 cm³/mol. The topological polar surface area (TPSA) is 73.8 Å². The first-order valence-electron chi connectivity index (χ1n) is 7.89. The Kier molecular flexibility index (Phi) is 6.26. The van der Waals surface area contributed by atoms with Gasteiger partial charge in [-0.25, -0.2) is 9.37 Å². The van der Waals surface area contributed by atoms with Crippen molar-refractivity contribution in [3.63, 3.8) is 0 Å². The fraction of sp³-hybridized carbons (Fsp3) is 0.263. The molecule has 0 unspecified atom stereocenters. The molecule has 2 N–H and O–H groups in total. The number of benzene rings is 2. The number of methoxy groups -OCH3 is 3. The van der Waals surface area contributed by atoms with Crippen molar-refractivity contribution in [2.24, 2.45) is 5.73 Å². The fourth-order valence-corrected chi connectivity index (χ4v) is 3.05. The van der Waals surface area contributed by atoms with Gasteiger partial charge >= 0.3 is 5.97 Å². The largest absolute Gasteiger partial charge is 1.00 e. The van der Waals surface area contributed by atoms with Crippen LogP contribution in [-0.2, 0) is 17.7 Å². The van der Waals surface area contributed by atoms with E-state index in [0.717, 1.165) is 0 Å². The molecule has 1 aliphatic rings. The molecule has 1 aliphatic heterocycles. The highest BCUT2D eigenvalue weighted by atomic mass is 79.9. The molecule has 0 atom stereocenters. The zero-order chi connectivity index (χ0) is 18.0. The van der Waals surface area contributed by atoms with Crippen molar-refractivity contribution in [1.82, 2.24) is 0 Å². The number of halogens is 1. The summed E-state index contributed by atoms with van der Waals surface area (Å²) in [4.78, 5) is 12.3. The minimum atomic E-state index is -0.456. The van der Waals surface area contributed by atoms with Crippen LogP contribution in [0.5, 0.6) is 11.5 Å². The first-order valence-corrected chi connectivity index (χ1v) is 7.89. The van der Waals surface area contributed by atoms with Crippen LogP contribution in [0.15, 0.2) is 36.4 Å². The molecule has 0 spiro atoms. The number of rotatable bonds is 4. The molecule has 0 saturated heterocycles. The number of fused-ring (bicyclic) bond motifs is 1. The summed E-state index contributed by atoms with van der Waals surface area (Å²) in [6.07, 6.45) is 0.616. The van der Waals surface area contributed by atoms with Gasteiger partial charge in [-0.15, -0.1) is 0 Å². The van der Waals surface area contributed by atoms with E-state index < -0.39 is 5.97 Å². The van der Waals surface area contributed by atoms with Crippen molar-refractivity contribution >= 4 is 17.5 Å². The Bertz CT molecular complexity index is 865. The predicted octanol–water partition coefficient (Wildman–Crippen LogP) is -0.748. The summed E-state index contributed by atoms with van der Waals surface area (Å²) in [6.45, 7) is 0.571. The summed E-state index contributed by atoms with van der Waals surface area (Å²) in [5.74, 6) is 1.19. The summed E-state index contributed by atoms with van der Waals surface area (Å²) in [5, 5.41) is 0. The van der Waals surface area contributed by atoms with E-state index in [9.17, 15) is 4.79 Å². The number of carbonyl (C=O) groups excluding carboxylic acids is 1. The summed E-state index contributed by atoms with van der Waals surface area (Å²) in [6, 6.07) is 11.5. The van der Waals surface area contributed by atoms with Gasteiger partial charge in [0, 0.05) is 12.1 Å². The van der Waals surface area contributed by atoms with Gasteiger partial charge in [0.2, 0.25) is 0 Å². The number of ether oxygens (including phenoxy) is 3. The molecule has 0 bridgehead atoms. The quantitative estimate of drug-likeness (QED) is 0.520. The standard InChI is InChI=1S/C19H20N2O4.BrH/c1-23-16-9-14(19(22)25-3)15(10-17(16)24-2)21-11-13-7-5-4-6-12(13)8-18(21)20;/h4-7,9-10,20H,8,11H2,1-3H3;1H. The molecule has 0 amide bonds.